The molecule has 19 heavy (non-hydrogen) atoms. The van der Waals surface area contributed by atoms with Gasteiger partial charge in [0.25, 0.3) is 0 Å². The molecule has 0 saturated carbocycles. The lowest BCUT2D eigenvalue weighted by molar-refractivity contribution is -0.127. The molecule has 1 saturated heterocycles. The molecule has 0 bridgehead atoms. The van der Waals surface area contributed by atoms with E-state index in [1.54, 1.807) is 13.1 Å². The maximum atomic E-state index is 12.2. The van der Waals surface area contributed by atoms with Crippen LogP contribution in [-0.4, -0.2) is 38.9 Å². The lowest BCUT2D eigenvalue weighted by Crippen LogP contribution is -2.40. The van der Waals surface area contributed by atoms with Gasteiger partial charge in [-0.3, -0.25) is 4.79 Å². The van der Waals surface area contributed by atoms with Gasteiger partial charge in [0.2, 0.25) is 15.9 Å². The van der Waals surface area contributed by atoms with Crippen molar-refractivity contribution in [2.24, 2.45) is 0 Å². The van der Waals surface area contributed by atoms with Crippen LogP contribution < -0.4 is 4.72 Å². The fourth-order valence-corrected chi connectivity index (χ4v) is 4.16. The quantitative estimate of drug-likeness (QED) is 0.896. The van der Waals surface area contributed by atoms with Crippen molar-refractivity contribution in [1.82, 2.24) is 9.62 Å². The van der Waals surface area contributed by atoms with Crippen LogP contribution in [0.3, 0.4) is 0 Å². The summed E-state index contributed by atoms with van der Waals surface area (Å²) in [6.45, 7) is 2.39. The molecule has 104 valence electrons. The minimum atomic E-state index is -3.67. The van der Waals surface area contributed by atoms with Crippen LogP contribution in [0.5, 0.6) is 0 Å². The number of halogens is 1. The van der Waals surface area contributed by atoms with Crippen LogP contribution in [0.4, 0.5) is 0 Å². The topological polar surface area (TPSA) is 66.5 Å². The number of nitrogens with one attached hydrogen (secondary N) is 1. The molecular weight excluding hydrogens is 332 g/mol. The normalized spacial score (nSPS) is 20.1. The Bertz CT molecular complexity index is 595. The van der Waals surface area contributed by atoms with Gasteiger partial charge in [-0.15, -0.1) is 0 Å². The molecule has 1 aliphatic heterocycles. The van der Waals surface area contributed by atoms with Crippen LogP contribution in [0, 0.1) is 6.92 Å². The van der Waals surface area contributed by atoms with Crippen molar-refractivity contribution in [2.75, 3.05) is 13.6 Å². The van der Waals surface area contributed by atoms with E-state index in [2.05, 4.69) is 20.7 Å². The van der Waals surface area contributed by atoms with E-state index in [4.69, 9.17) is 0 Å². The standard InChI is InChI=1S/C12H15BrN2O3S/c1-8-5-9(13)7-10(6-8)19(17,18)14-11-3-4-15(2)12(11)16/h5-7,11,14H,3-4H2,1-2H3/t11-/m1/s1. The largest absolute Gasteiger partial charge is 0.344 e. The minimum Gasteiger partial charge on any atom is -0.344 e. The first-order valence-electron chi connectivity index (χ1n) is 5.84. The van der Waals surface area contributed by atoms with Gasteiger partial charge in [-0.25, -0.2) is 8.42 Å². The summed E-state index contributed by atoms with van der Waals surface area (Å²) in [5.74, 6) is -0.185. The number of rotatable bonds is 3. The molecule has 1 N–H and O–H groups in total. The summed E-state index contributed by atoms with van der Waals surface area (Å²) in [5, 5.41) is 0. The molecule has 0 aliphatic carbocycles. The Kier molecular flexibility index (Phi) is 3.98. The Hall–Kier alpha value is -0.920. The molecule has 1 amide bonds. The Morgan fingerprint density at radius 1 is 1.37 bits per heavy atom. The second-order valence-electron chi connectivity index (χ2n) is 4.69. The Balaban J connectivity index is 2.26. The van der Waals surface area contributed by atoms with Gasteiger partial charge in [0.05, 0.1) is 4.90 Å². The molecule has 1 fully saturated rings. The summed E-state index contributed by atoms with van der Waals surface area (Å²) in [7, 11) is -2.01. The summed E-state index contributed by atoms with van der Waals surface area (Å²) in [6, 6.07) is 4.27. The van der Waals surface area contributed by atoms with Gasteiger partial charge in [-0.2, -0.15) is 4.72 Å². The second-order valence-corrected chi connectivity index (χ2v) is 7.32. The Labute approximate surface area is 121 Å². The molecule has 5 nitrogen and oxygen atoms in total. The van der Waals surface area contributed by atoms with Gasteiger partial charge < -0.3 is 4.90 Å². The highest BCUT2D eigenvalue weighted by Gasteiger charge is 2.32. The number of hydrogen-bond donors (Lipinski definition) is 1. The molecule has 1 heterocycles. The monoisotopic (exact) mass is 346 g/mol. The van der Waals surface area contributed by atoms with E-state index in [1.165, 1.54) is 11.0 Å². The Morgan fingerprint density at radius 2 is 2.05 bits per heavy atom. The summed E-state index contributed by atoms with van der Waals surface area (Å²) in [6.07, 6.45) is 0.502. The fraction of sp³-hybridized carbons (Fsp3) is 0.417. The molecule has 0 aromatic heterocycles. The van der Waals surface area contributed by atoms with Gasteiger partial charge in [0, 0.05) is 18.1 Å². The number of carbonyl (C=O) groups excluding carboxylic acids is 1. The first-order chi connectivity index (χ1) is 8.79. The van der Waals surface area contributed by atoms with Gasteiger partial charge in [0.15, 0.2) is 0 Å². The van der Waals surface area contributed by atoms with Crippen molar-refractivity contribution in [1.29, 1.82) is 0 Å². The number of aryl methyl sites for hydroxylation is 1. The van der Waals surface area contributed by atoms with E-state index in [-0.39, 0.29) is 10.8 Å². The van der Waals surface area contributed by atoms with Crippen molar-refractivity contribution < 1.29 is 13.2 Å². The number of benzene rings is 1. The van der Waals surface area contributed by atoms with E-state index >= 15 is 0 Å². The zero-order valence-electron chi connectivity index (χ0n) is 10.7. The average molecular weight is 347 g/mol. The summed E-state index contributed by atoms with van der Waals surface area (Å²) < 4.78 is 27.6. The van der Waals surface area contributed by atoms with Crippen LogP contribution in [0.1, 0.15) is 12.0 Å². The maximum absolute atomic E-state index is 12.2. The third kappa shape index (κ3) is 3.16. The summed E-state index contributed by atoms with van der Waals surface area (Å²) >= 11 is 3.27. The van der Waals surface area contributed by atoms with E-state index in [1.807, 2.05) is 13.0 Å². The summed E-state index contributed by atoms with van der Waals surface area (Å²) in [4.78, 5) is 13.4. The van der Waals surface area contributed by atoms with Crippen molar-refractivity contribution in [3.63, 3.8) is 0 Å². The van der Waals surface area contributed by atoms with E-state index < -0.39 is 16.1 Å². The third-order valence-corrected chi connectivity index (χ3v) is 4.96. The zero-order chi connectivity index (χ0) is 14.2. The highest BCUT2D eigenvalue weighted by molar-refractivity contribution is 9.10. The highest BCUT2D eigenvalue weighted by Crippen LogP contribution is 2.20. The maximum Gasteiger partial charge on any atom is 0.241 e. The molecule has 0 spiro atoms. The molecule has 2 rings (SSSR count). The fourth-order valence-electron chi connectivity index (χ4n) is 2.05. The molecule has 1 atom stereocenters. The minimum absolute atomic E-state index is 0.168. The van der Waals surface area contributed by atoms with Gasteiger partial charge in [0.1, 0.15) is 6.04 Å². The number of sulfonamides is 1. The smallest absolute Gasteiger partial charge is 0.241 e. The van der Waals surface area contributed by atoms with E-state index in [9.17, 15) is 13.2 Å². The van der Waals surface area contributed by atoms with Crippen LogP contribution in [0.25, 0.3) is 0 Å². The van der Waals surface area contributed by atoms with Crippen molar-refractivity contribution in [3.8, 4) is 0 Å². The number of hydrogen-bond acceptors (Lipinski definition) is 3. The van der Waals surface area contributed by atoms with Crippen LogP contribution in [0.15, 0.2) is 27.6 Å². The SMILES string of the molecule is Cc1cc(Br)cc(S(=O)(=O)N[C@@H]2CCN(C)C2=O)c1. The molecule has 1 aromatic rings. The molecule has 1 aliphatic rings. The van der Waals surface area contributed by atoms with Crippen LogP contribution >= 0.6 is 15.9 Å². The first kappa shape index (κ1) is 14.5. The van der Waals surface area contributed by atoms with Crippen molar-refractivity contribution >= 4 is 31.9 Å². The Morgan fingerprint density at radius 3 is 2.58 bits per heavy atom. The van der Waals surface area contributed by atoms with Crippen molar-refractivity contribution in [2.45, 2.75) is 24.3 Å². The molecular formula is C12H15BrN2O3S. The lowest BCUT2D eigenvalue weighted by Gasteiger charge is -2.13. The van der Waals surface area contributed by atoms with E-state index in [0.29, 0.717) is 17.4 Å². The number of likely N-dealkylation sites (tertiary alicyclic amines) is 1. The predicted molar refractivity (Wildman–Crippen MR) is 75.2 cm³/mol. The molecule has 0 radical (unpaired) electrons. The number of amides is 1. The number of nitrogens with zero attached hydrogens (tertiary/aromatic N) is 1. The second kappa shape index (κ2) is 5.22. The van der Waals surface area contributed by atoms with Gasteiger partial charge >= 0.3 is 0 Å². The highest BCUT2D eigenvalue weighted by atomic mass is 79.9. The number of likely N-dealkylation sites (N-methyl/N-ethyl adjacent to an activating group) is 1. The molecule has 7 heteroatoms. The van der Waals surface area contributed by atoms with Crippen molar-refractivity contribution in [3.05, 3.63) is 28.2 Å². The van der Waals surface area contributed by atoms with Crippen LogP contribution in [0.2, 0.25) is 0 Å². The number of carbonyl (C=O) groups is 1. The third-order valence-electron chi connectivity index (χ3n) is 3.05. The van der Waals surface area contributed by atoms with Gasteiger partial charge in [-0.05, 0) is 37.1 Å². The predicted octanol–water partition coefficient (Wildman–Crippen LogP) is 1.27. The average Bonchev–Trinajstić information content (AvgIpc) is 2.59. The zero-order valence-corrected chi connectivity index (χ0v) is 13.1. The van der Waals surface area contributed by atoms with Crippen LogP contribution in [-0.2, 0) is 14.8 Å². The summed E-state index contributed by atoms with van der Waals surface area (Å²) in [5.41, 5.74) is 0.838. The first-order valence-corrected chi connectivity index (χ1v) is 8.12. The van der Waals surface area contributed by atoms with E-state index in [0.717, 1.165) is 5.56 Å². The lowest BCUT2D eigenvalue weighted by atomic mass is 10.2. The van der Waals surface area contributed by atoms with Gasteiger partial charge in [-0.1, -0.05) is 15.9 Å². The molecule has 0 unspecified atom stereocenters. The molecule has 1 aromatic carbocycles.